The fourth-order valence-electron chi connectivity index (χ4n) is 1.81. The second kappa shape index (κ2) is 5.24. The molecule has 17 heavy (non-hydrogen) atoms. The standard InChI is InChI=1S/C15H16ClN/c1-11-8-9-14(16)10-15(11)17-12(2)13-6-4-3-5-7-13/h3-10,12,17H,1-2H3. The lowest BCUT2D eigenvalue weighted by molar-refractivity contribution is 0.883. The van der Waals surface area contributed by atoms with Gasteiger partial charge in [0, 0.05) is 16.8 Å². The van der Waals surface area contributed by atoms with E-state index in [4.69, 9.17) is 11.6 Å². The molecule has 1 nitrogen and oxygen atoms in total. The normalized spacial score (nSPS) is 12.2. The minimum Gasteiger partial charge on any atom is -0.378 e. The van der Waals surface area contributed by atoms with Crippen molar-refractivity contribution < 1.29 is 0 Å². The van der Waals surface area contributed by atoms with Crippen LogP contribution in [0.4, 0.5) is 5.69 Å². The SMILES string of the molecule is Cc1ccc(Cl)cc1NC(C)c1ccccc1. The van der Waals surface area contributed by atoms with Crippen LogP contribution in [0.1, 0.15) is 24.1 Å². The molecule has 2 heteroatoms. The molecule has 0 aliphatic heterocycles. The molecule has 0 aromatic heterocycles. The van der Waals surface area contributed by atoms with Crippen molar-refractivity contribution >= 4 is 17.3 Å². The van der Waals surface area contributed by atoms with E-state index in [9.17, 15) is 0 Å². The maximum atomic E-state index is 6.01. The average Bonchev–Trinajstić information content (AvgIpc) is 2.35. The predicted molar refractivity (Wildman–Crippen MR) is 74.7 cm³/mol. The second-order valence-corrected chi connectivity index (χ2v) is 4.67. The highest BCUT2D eigenvalue weighted by Crippen LogP contribution is 2.24. The van der Waals surface area contributed by atoms with Gasteiger partial charge in [-0.25, -0.2) is 0 Å². The van der Waals surface area contributed by atoms with Gasteiger partial charge in [-0.1, -0.05) is 48.0 Å². The molecule has 2 rings (SSSR count). The molecule has 2 aromatic carbocycles. The number of aryl methyl sites for hydroxylation is 1. The molecule has 0 saturated carbocycles. The lowest BCUT2D eigenvalue weighted by Crippen LogP contribution is -2.07. The quantitative estimate of drug-likeness (QED) is 0.817. The number of rotatable bonds is 3. The first-order valence-corrected chi connectivity index (χ1v) is 6.12. The van der Waals surface area contributed by atoms with E-state index < -0.39 is 0 Å². The highest BCUT2D eigenvalue weighted by molar-refractivity contribution is 6.30. The van der Waals surface area contributed by atoms with E-state index in [-0.39, 0.29) is 6.04 Å². The van der Waals surface area contributed by atoms with Gasteiger partial charge in [0.15, 0.2) is 0 Å². The summed E-state index contributed by atoms with van der Waals surface area (Å²) in [4.78, 5) is 0. The van der Waals surface area contributed by atoms with Crippen LogP contribution in [0.5, 0.6) is 0 Å². The monoisotopic (exact) mass is 245 g/mol. The molecule has 1 N–H and O–H groups in total. The van der Waals surface area contributed by atoms with Crippen LogP contribution in [-0.2, 0) is 0 Å². The van der Waals surface area contributed by atoms with Crippen LogP contribution < -0.4 is 5.32 Å². The van der Waals surface area contributed by atoms with Crippen molar-refractivity contribution in [2.24, 2.45) is 0 Å². The summed E-state index contributed by atoms with van der Waals surface area (Å²) in [6.07, 6.45) is 0. The molecular weight excluding hydrogens is 230 g/mol. The van der Waals surface area contributed by atoms with Crippen LogP contribution in [0, 0.1) is 6.92 Å². The lowest BCUT2D eigenvalue weighted by Gasteiger charge is -2.17. The van der Waals surface area contributed by atoms with E-state index in [0.29, 0.717) is 0 Å². The minimum absolute atomic E-state index is 0.272. The molecule has 2 aromatic rings. The van der Waals surface area contributed by atoms with Gasteiger partial charge in [-0.05, 0) is 37.1 Å². The molecule has 0 saturated heterocycles. The van der Waals surface area contributed by atoms with Crippen LogP contribution in [-0.4, -0.2) is 0 Å². The summed E-state index contributed by atoms with van der Waals surface area (Å²) in [7, 11) is 0. The highest BCUT2D eigenvalue weighted by Gasteiger charge is 2.06. The highest BCUT2D eigenvalue weighted by atomic mass is 35.5. The van der Waals surface area contributed by atoms with Gasteiger partial charge in [0.25, 0.3) is 0 Å². The van der Waals surface area contributed by atoms with Crippen LogP contribution in [0.15, 0.2) is 48.5 Å². The fraction of sp³-hybridized carbons (Fsp3) is 0.200. The van der Waals surface area contributed by atoms with Gasteiger partial charge in [0.05, 0.1) is 0 Å². The molecule has 0 fully saturated rings. The van der Waals surface area contributed by atoms with E-state index in [0.717, 1.165) is 10.7 Å². The fourth-order valence-corrected chi connectivity index (χ4v) is 1.98. The number of hydrogen-bond acceptors (Lipinski definition) is 1. The number of benzene rings is 2. The number of nitrogens with one attached hydrogen (secondary N) is 1. The molecule has 0 aliphatic rings. The Kier molecular flexibility index (Phi) is 3.70. The van der Waals surface area contributed by atoms with E-state index >= 15 is 0 Å². The summed E-state index contributed by atoms with van der Waals surface area (Å²) in [5.74, 6) is 0. The molecule has 0 bridgehead atoms. The van der Waals surface area contributed by atoms with Crippen LogP contribution in [0.3, 0.4) is 0 Å². The summed E-state index contributed by atoms with van der Waals surface area (Å²) in [5.41, 5.74) is 3.57. The van der Waals surface area contributed by atoms with Crippen molar-refractivity contribution in [1.29, 1.82) is 0 Å². The number of anilines is 1. The third-order valence-electron chi connectivity index (χ3n) is 2.87. The Bertz CT molecular complexity index is 494. The van der Waals surface area contributed by atoms with Crippen LogP contribution >= 0.6 is 11.6 Å². The lowest BCUT2D eigenvalue weighted by atomic mass is 10.1. The Balaban J connectivity index is 2.18. The molecule has 1 unspecified atom stereocenters. The predicted octanol–water partition coefficient (Wildman–Crippen LogP) is 4.82. The van der Waals surface area contributed by atoms with E-state index in [1.54, 1.807) is 0 Å². The van der Waals surface area contributed by atoms with Gasteiger partial charge < -0.3 is 5.32 Å². The maximum absolute atomic E-state index is 6.01. The largest absolute Gasteiger partial charge is 0.378 e. The Morgan fingerprint density at radius 2 is 1.76 bits per heavy atom. The molecule has 0 heterocycles. The zero-order valence-electron chi connectivity index (χ0n) is 10.1. The molecule has 0 amide bonds. The van der Waals surface area contributed by atoms with Crippen molar-refractivity contribution in [2.75, 3.05) is 5.32 Å². The Morgan fingerprint density at radius 1 is 1.06 bits per heavy atom. The van der Waals surface area contributed by atoms with Gasteiger partial charge in [-0.2, -0.15) is 0 Å². The molecule has 88 valence electrons. The summed E-state index contributed by atoms with van der Waals surface area (Å²) in [5, 5.41) is 4.25. The third-order valence-corrected chi connectivity index (χ3v) is 3.11. The molecule has 1 atom stereocenters. The summed E-state index contributed by atoms with van der Waals surface area (Å²) >= 11 is 6.01. The zero-order valence-corrected chi connectivity index (χ0v) is 10.8. The van der Waals surface area contributed by atoms with Gasteiger partial charge in [-0.3, -0.25) is 0 Å². The van der Waals surface area contributed by atoms with Crippen molar-refractivity contribution in [3.63, 3.8) is 0 Å². The van der Waals surface area contributed by atoms with Crippen LogP contribution in [0.2, 0.25) is 5.02 Å². The molecule has 0 spiro atoms. The van der Waals surface area contributed by atoms with Gasteiger partial charge in [0.1, 0.15) is 0 Å². The zero-order chi connectivity index (χ0) is 12.3. The minimum atomic E-state index is 0.272. The summed E-state index contributed by atoms with van der Waals surface area (Å²) in [6.45, 7) is 4.23. The van der Waals surface area contributed by atoms with Crippen LogP contribution in [0.25, 0.3) is 0 Å². The van der Waals surface area contributed by atoms with Crippen molar-refractivity contribution in [1.82, 2.24) is 0 Å². The summed E-state index contributed by atoms with van der Waals surface area (Å²) < 4.78 is 0. The Morgan fingerprint density at radius 3 is 2.47 bits per heavy atom. The third kappa shape index (κ3) is 3.01. The van der Waals surface area contributed by atoms with E-state index in [1.165, 1.54) is 11.1 Å². The van der Waals surface area contributed by atoms with E-state index in [1.807, 2.05) is 24.3 Å². The number of hydrogen-bond donors (Lipinski definition) is 1. The summed E-state index contributed by atoms with van der Waals surface area (Å²) in [6, 6.07) is 16.6. The van der Waals surface area contributed by atoms with E-state index in [2.05, 4.69) is 43.4 Å². The van der Waals surface area contributed by atoms with Gasteiger partial charge in [-0.15, -0.1) is 0 Å². The first kappa shape index (κ1) is 12.0. The molecular formula is C15H16ClN. The van der Waals surface area contributed by atoms with Crippen molar-refractivity contribution in [2.45, 2.75) is 19.9 Å². The first-order chi connectivity index (χ1) is 8.16. The number of halogens is 1. The second-order valence-electron chi connectivity index (χ2n) is 4.24. The smallest absolute Gasteiger partial charge is 0.0485 e. The van der Waals surface area contributed by atoms with Crippen molar-refractivity contribution in [3.05, 3.63) is 64.7 Å². The topological polar surface area (TPSA) is 12.0 Å². The average molecular weight is 246 g/mol. The van der Waals surface area contributed by atoms with Crippen molar-refractivity contribution in [3.8, 4) is 0 Å². The Labute approximate surface area is 107 Å². The maximum Gasteiger partial charge on any atom is 0.0485 e. The van der Waals surface area contributed by atoms with Gasteiger partial charge in [0.2, 0.25) is 0 Å². The molecule has 0 aliphatic carbocycles. The Hall–Kier alpha value is -1.47. The first-order valence-electron chi connectivity index (χ1n) is 5.74. The molecule has 0 radical (unpaired) electrons. The van der Waals surface area contributed by atoms with Gasteiger partial charge >= 0.3 is 0 Å².